The van der Waals surface area contributed by atoms with E-state index in [0.717, 1.165) is 0 Å². The van der Waals surface area contributed by atoms with E-state index in [4.69, 9.17) is 42.1 Å². The first-order chi connectivity index (χ1) is 12.9. The third-order valence-electron chi connectivity index (χ3n) is 4.44. The van der Waals surface area contributed by atoms with Crippen molar-refractivity contribution in [3.63, 3.8) is 0 Å². The fourth-order valence-corrected chi connectivity index (χ4v) is 3.67. The van der Waals surface area contributed by atoms with Crippen LogP contribution in [0.5, 0.6) is 11.5 Å². The van der Waals surface area contributed by atoms with Crippen LogP contribution in [0.1, 0.15) is 28.4 Å². The first-order valence-corrected chi connectivity index (χ1v) is 9.15. The van der Waals surface area contributed by atoms with Crippen LogP contribution in [0.4, 0.5) is 0 Å². The topological polar surface area (TPSA) is 54.0 Å². The Labute approximate surface area is 168 Å². The predicted molar refractivity (Wildman–Crippen MR) is 103 cm³/mol. The van der Waals surface area contributed by atoms with E-state index in [2.05, 4.69) is 0 Å². The molecule has 0 aromatic heterocycles. The van der Waals surface area contributed by atoms with E-state index in [1.54, 1.807) is 18.2 Å². The highest BCUT2D eigenvalue weighted by molar-refractivity contribution is 6.37. The van der Waals surface area contributed by atoms with Crippen LogP contribution in [0.2, 0.25) is 10.0 Å². The van der Waals surface area contributed by atoms with Crippen molar-refractivity contribution in [2.24, 2.45) is 0 Å². The van der Waals surface area contributed by atoms with Gasteiger partial charge in [0.2, 0.25) is 0 Å². The summed E-state index contributed by atoms with van der Waals surface area (Å²) in [4.78, 5) is 13.4. The van der Waals surface area contributed by atoms with Crippen molar-refractivity contribution in [3.05, 3.63) is 57.1 Å². The number of ketones is 1. The Morgan fingerprint density at radius 1 is 1.11 bits per heavy atom. The van der Waals surface area contributed by atoms with Gasteiger partial charge in [0.05, 0.1) is 38.0 Å². The number of carbonyl (C=O) groups is 1. The maximum atomic E-state index is 13.4. The minimum absolute atomic E-state index is 0.267. The SMILES string of the molecule is COc1ccc(CC2(C)OCCO2)c(C(=O)c2ccc(Cl)cc2Cl)c1OC. The zero-order chi connectivity index (χ0) is 19.6. The van der Waals surface area contributed by atoms with Gasteiger partial charge >= 0.3 is 0 Å². The Morgan fingerprint density at radius 3 is 2.41 bits per heavy atom. The number of carbonyl (C=O) groups excluding carboxylic acids is 1. The molecule has 0 saturated carbocycles. The summed E-state index contributed by atoms with van der Waals surface area (Å²) in [6, 6.07) is 8.33. The smallest absolute Gasteiger partial charge is 0.198 e. The van der Waals surface area contributed by atoms with Gasteiger partial charge in [0.1, 0.15) is 0 Å². The van der Waals surface area contributed by atoms with Gasteiger partial charge in [0.15, 0.2) is 23.1 Å². The second kappa shape index (κ2) is 8.07. The highest BCUT2D eigenvalue weighted by Crippen LogP contribution is 2.38. The van der Waals surface area contributed by atoms with E-state index in [0.29, 0.717) is 52.8 Å². The maximum Gasteiger partial charge on any atom is 0.198 e. The van der Waals surface area contributed by atoms with Crippen LogP contribution >= 0.6 is 23.2 Å². The van der Waals surface area contributed by atoms with Crippen molar-refractivity contribution in [1.29, 1.82) is 0 Å². The minimum atomic E-state index is -0.807. The largest absolute Gasteiger partial charge is 0.493 e. The second-order valence-corrected chi connectivity index (χ2v) is 7.14. The number of halogens is 2. The van der Waals surface area contributed by atoms with E-state index >= 15 is 0 Å². The first kappa shape index (κ1) is 20.0. The fourth-order valence-electron chi connectivity index (χ4n) is 3.18. The molecule has 5 nitrogen and oxygen atoms in total. The van der Waals surface area contributed by atoms with Crippen molar-refractivity contribution in [3.8, 4) is 11.5 Å². The lowest BCUT2D eigenvalue weighted by molar-refractivity contribution is -0.140. The first-order valence-electron chi connectivity index (χ1n) is 8.40. The van der Waals surface area contributed by atoms with Crippen molar-refractivity contribution >= 4 is 29.0 Å². The molecule has 1 heterocycles. The summed E-state index contributed by atoms with van der Waals surface area (Å²) in [5.41, 5.74) is 1.40. The van der Waals surface area contributed by atoms with Crippen molar-refractivity contribution < 1.29 is 23.7 Å². The molecule has 1 aliphatic heterocycles. The van der Waals surface area contributed by atoms with Gasteiger partial charge in [-0.3, -0.25) is 4.79 Å². The summed E-state index contributed by atoms with van der Waals surface area (Å²) in [6.07, 6.45) is 0.375. The molecule has 3 rings (SSSR count). The monoisotopic (exact) mass is 410 g/mol. The molecular weight excluding hydrogens is 391 g/mol. The van der Waals surface area contributed by atoms with Crippen LogP contribution in [-0.4, -0.2) is 39.0 Å². The number of ether oxygens (including phenoxy) is 4. The molecule has 0 atom stereocenters. The molecule has 0 spiro atoms. The van der Waals surface area contributed by atoms with Gasteiger partial charge < -0.3 is 18.9 Å². The predicted octanol–water partition coefficient (Wildman–Crippen LogP) is 4.55. The summed E-state index contributed by atoms with van der Waals surface area (Å²) in [5.74, 6) is -0.303. The average Bonchev–Trinajstić information content (AvgIpc) is 3.06. The highest BCUT2D eigenvalue weighted by Gasteiger charge is 2.34. The van der Waals surface area contributed by atoms with Gasteiger partial charge in [-0.1, -0.05) is 29.3 Å². The minimum Gasteiger partial charge on any atom is -0.493 e. The molecule has 1 saturated heterocycles. The molecule has 144 valence electrons. The zero-order valence-electron chi connectivity index (χ0n) is 15.3. The Morgan fingerprint density at radius 2 is 1.81 bits per heavy atom. The molecular formula is C20H20Cl2O5. The third kappa shape index (κ3) is 4.06. The summed E-state index contributed by atoms with van der Waals surface area (Å²) in [5, 5.41) is 0.720. The van der Waals surface area contributed by atoms with Gasteiger partial charge in [-0.25, -0.2) is 0 Å². The van der Waals surface area contributed by atoms with Gasteiger partial charge in [0.25, 0.3) is 0 Å². The lowest BCUT2D eigenvalue weighted by atomic mass is 9.93. The summed E-state index contributed by atoms with van der Waals surface area (Å²) in [7, 11) is 3.01. The van der Waals surface area contributed by atoms with Gasteiger partial charge in [-0.15, -0.1) is 0 Å². The van der Waals surface area contributed by atoms with Crippen LogP contribution < -0.4 is 9.47 Å². The van der Waals surface area contributed by atoms with E-state index in [1.165, 1.54) is 20.3 Å². The molecule has 0 unspecified atom stereocenters. The van der Waals surface area contributed by atoms with Crippen LogP contribution in [0.25, 0.3) is 0 Å². The quantitative estimate of drug-likeness (QED) is 0.653. The molecule has 0 aliphatic carbocycles. The van der Waals surface area contributed by atoms with Gasteiger partial charge in [-0.2, -0.15) is 0 Å². The molecule has 2 aromatic rings. The Kier molecular flexibility index (Phi) is 5.96. The maximum absolute atomic E-state index is 13.4. The van der Waals surface area contributed by atoms with Crippen molar-refractivity contribution in [2.45, 2.75) is 19.1 Å². The highest BCUT2D eigenvalue weighted by atomic mass is 35.5. The number of rotatable bonds is 6. The average molecular weight is 411 g/mol. The van der Waals surface area contributed by atoms with E-state index in [9.17, 15) is 4.79 Å². The molecule has 0 amide bonds. The molecule has 1 fully saturated rings. The summed E-state index contributed by atoms with van der Waals surface area (Å²) < 4.78 is 22.3. The van der Waals surface area contributed by atoms with Crippen LogP contribution in [-0.2, 0) is 15.9 Å². The second-order valence-electron chi connectivity index (χ2n) is 6.30. The molecule has 7 heteroatoms. The number of hydrogen-bond acceptors (Lipinski definition) is 5. The van der Waals surface area contributed by atoms with Crippen molar-refractivity contribution in [2.75, 3.05) is 27.4 Å². The molecule has 27 heavy (non-hydrogen) atoms. The zero-order valence-corrected chi connectivity index (χ0v) is 16.8. The van der Waals surface area contributed by atoms with Gasteiger partial charge in [-0.05, 0) is 36.8 Å². The van der Waals surface area contributed by atoms with Crippen LogP contribution in [0, 0.1) is 0 Å². The fraction of sp³-hybridized carbons (Fsp3) is 0.350. The number of benzene rings is 2. The Bertz CT molecular complexity index is 860. The van der Waals surface area contributed by atoms with Crippen molar-refractivity contribution in [1.82, 2.24) is 0 Å². The Hall–Kier alpha value is -1.79. The molecule has 0 radical (unpaired) electrons. The third-order valence-corrected chi connectivity index (χ3v) is 4.99. The Balaban J connectivity index is 2.13. The standard InChI is InChI=1S/C20H20Cl2O5/c1-20(26-8-9-27-20)11-12-4-7-16(24-2)19(25-3)17(12)18(23)14-6-5-13(21)10-15(14)22/h4-7,10H,8-9,11H2,1-3H3. The lowest BCUT2D eigenvalue weighted by Gasteiger charge is -2.25. The summed E-state index contributed by atoms with van der Waals surface area (Å²) >= 11 is 12.2. The summed E-state index contributed by atoms with van der Waals surface area (Å²) in [6.45, 7) is 2.87. The molecule has 0 bridgehead atoms. The van der Waals surface area contributed by atoms with Crippen LogP contribution in [0.3, 0.4) is 0 Å². The molecule has 1 aliphatic rings. The number of hydrogen-bond donors (Lipinski definition) is 0. The molecule has 0 N–H and O–H groups in total. The number of methoxy groups -OCH3 is 2. The van der Waals surface area contributed by atoms with E-state index in [-0.39, 0.29) is 10.8 Å². The lowest BCUT2D eigenvalue weighted by Crippen LogP contribution is -2.29. The van der Waals surface area contributed by atoms with Crippen LogP contribution in [0.15, 0.2) is 30.3 Å². The van der Waals surface area contributed by atoms with E-state index in [1.807, 2.05) is 13.0 Å². The normalized spacial score (nSPS) is 15.6. The van der Waals surface area contributed by atoms with E-state index < -0.39 is 5.79 Å². The molecule has 2 aromatic carbocycles. The van der Waals surface area contributed by atoms with Gasteiger partial charge in [0, 0.05) is 17.0 Å².